The van der Waals surface area contributed by atoms with Crippen LogP contribution in [0.2, 0.25) is 0 Å². The van der Waals surface area contributed by atoms with E-state index in [2.05, 4.69) is 11.4 Å². The van der Waals surface area contributed by atoms with Crippen LogP contribution >= 0.6 is 0 Å². The fourth-order valence-corrected chi connectivity index (χ4v) is 3.93. The van der Waals surface area contributed by atoms with Gasteiger partial charge in [-0.05, 0) is 75.9 Å². The predicted octanol–water partition coefficient (Wildman–Crippen LogP) is 3.88. The Morgan fingerprint density at radius 1 is 1.00 bits per heavy atom. The monoisotopic (exact) mass is 392 g/mol. The number of nitrogens with zero attached hydrogens (tertiary/aromatic N) is 1. The number of likely N-dealkylation sites (tertiary alicyclic amines) is 1. The van der Waals surface area contributed by atoms with Crippen LogP contribution in [-0.2, 0) is 0 Å². The Morgan fingerprint density at radius 2 is 1.69 bits per heavy atom. The molecule has 0 bridgehead atoms. The van der Waals surface area contributed by atoms with Crippen LogP contribution < -0.4 is 10.1 Å². The maximum atomic E-state index is 13.0. The van der Waals surface area contributed by atoms with Crippen molar-refractivity contribution in [1.29, 1.82) is 0 Å². The van der Waals surface area contributed by atoms with E-state index >= 15 is 0 Å². The molecule has 0 unspecified atom stereocenters. The number of benzene rings is 2. The summed E-state index contributed by atoms with van der Waals surface area (Å²) in [4.78, 5) is 27.0. The molecule has 2 aromatic carbocycles. The highest BCUT2D eigenvalue weighted by Gasteiger charge is 2.30. The van der Waals surface area contributed by atoms with Gasteiger partial charge in [0.15, 0.2) is 0 Å². The molecule has 2 amide bonds. The van der Waals surface area contributed by atoms with E-state index in [9.17, 15) is 9.59 Å². The fourth-order valence-electron chi connectivity index (χ4n) is 3.93. The van der Waals surface area contributed by atoms with Gasteiger partial charge in [-0.3, -0.25) is 9.59 Å². The third-order valence-electron chi connectivity index (χ3n) is 5.58. The molecule has 1 heterocycles. The van der Waals surface area contributed by atoms with Crippen LogP contribution in [0.15, 0.2) is 42.5 Å². The number of rotatable bonds is 6. The quantitative estimate of drug-likeness (QED) is 0.812. The standard InChI is InChI=1S/C24H28N2O3/c1-16-12-17(2)14-19(13-16)24(28)26-11-3-4-21(26)15-29-22-9-5-18(6-10-22)23(27)25-20-7-8-20/h5-6,9-10,12-14,20-21H,3-4,7-8,11,15H2,1-2H3,(H,25,27)/t21-/m0/s1. The number of amides is 2. The van der Waals surface area contributed by atoms with Crippen molar-refractivity contribution in [2.75, 3.05) is 13.2 Å². The number of aryl methyl sites for hydroxylation is 2. The molecule has 1 aliphatic carbocycles. The molecule has 1 aliphatic heterocycles. The van der Waals surface area contributed by atoms with Gasteiger partial charge in [0.05, 0.1) is 6.04 Å². The number of hydrogen-bond donors (Lipinski definition) is 1. The fraction of sp³-hybridized carbons (Fsp3) is 0.417. The lowest BCUT2D eigenvalue weighted by atomic mass is 10.1. The number of carbonyl (C=O) groups excluding carboxylic acids is 2. The van der Waals surface area contributed by atoms with E-state index in [0.29, 0.717) is 18.2 Å². The van der Waals surface area contributed by atoms with Crippen LogP contribution in [0.3, 0.4) is 0 Å². The van der Waals surface area contributed by atoms with E-state index in [1.165, 1.54) is 0 Å². The lowest BCUT2D eigenvalue weighted by molar-refractivity contribution is 0.0691. The second kappa shape index (κ2) is 8.27. The first-order chi connectivity index (χ1) is 14.0. The molecule has 1 saturated carbocycles. The van der Waals surface area contributed by atoms with Gasteiger partial charge in [-0.1, -0.05) is 17.2 Å². The molecule has 5 nitrogen and oxygen atoms in total. The summed E-state index contributed by atoms with van der Waals surface area (Å²) in [6, 6.07) is 13.6. The summed E-state index contributed by atoms with van der Waals surface area (Å²) in [6.45, 7) is 5.26. The van der Waals surface area contributed by atoms with Crippen LogP contribution in [0.4, 0.5) is 0 Å². The van der Waals surface area contributed by atoms with Gasteiger partial charge in [0.2, 0.25) is 0 Å². The van der Waals surface area contributed by atoms with Crippen molar-refractivity contribution in [3.8, 4) is 5.75 Å². The second-order valence-electron chi connectivity index (χ2n) is 8.25. The van der Waals surface area contributed by atoms with Crippen molar-refractivity contribution >= 4 is 11.8 Å². The molecule has 0 aromatic heterocycles. The molecule has 1 N–H and O–H groups in total. The number of carbonyl (C=O) groups is 2. The molecule has 1 atom stereocenters. The molecule has 0 spiro atoms. The Balaban J connectivity index is 1.36. The van der Waals surface area contributed by atoms with Gasteiger partial charge in [-0.2, -0.15) is 0 Å². The minimum Gasteiger partial charge on any atom is -0.491 e. The molecule has 0 radical (unpaired) electrons. The topological polar surface area (TPSA) is 58.6 Å². The van der Waals surface area contributed by atoms with E-state index in [0.717, 1.165) is 54.7 Å². The van der Waals surface area contributed by atoms with Crippen molar-refractivity contribution in [2.24, 2.45) is 0 Å². The first-order valence-corrected chi connectivity index (χ1v) is 10.4. The minimum absolute atomic E-state index is 0.0277. The molecule has 152 valence electrons. The number of hydrogen-bond acceptors (Lipinski definition) is 3. The van der Waals surface area contributed by atoms with E-state index < -0.39 is 0 Å². The average molecular weight is 392 g/mol. The molecule has 2 aromatic rings. The Labute approximate surface area is 172 Å². The first kappa shape index (κ1) is 19.5. The maximum absolute atomic E-state index is 13.0. The van der Waals surface area contributed by atoms with E-state index in [1.54, 1.807) is 12.1 Å². The molecular weight excluding hydrogens is 364 g/mol. The molecule has 2 fully saturated rings. The van der Waals surface area contributed by atoms with Gasteiger partial charge in [-0.15, -0.1) is 0 Å². The Morgan fingerprint density at radius 3 is 2.34 bits per heavy atom. The third kappa shape index (κ3) is 4.78. The van der Waals surface area contributed by atoms with Crippen LogP contribution in [-0.4, -0.2) is 41.9 Å². The highest BCUT2D eigenvalue weighted by molar-refractivity contribution is 5.95. The van der Waals surface area contributed by atoms with Gasteiger partial charge in [0.25, 0.3) is 11.8 Å². The lowest BCUT2D eigenvalue weighted by Gasteiger charge is -2.25. The minimum atomic E-state index is -0.0277. The summed E-state index contributed by atoms with van der Waals surface area (Å²) in [7, 11) is 0. The summed E-state index contributed by atoms with van der Waals surface area (Å²) in [5.41, 5.74) is 3.61. The van der Waals surface area contributed by atoms with E-state index in [1.807, 2.05) is 43.0 Å². The van der Waals surface area contributed by atoms with Crippen LogP contribution in [0.25, 0.3) is 0 Å². The summed E-state index contributed by atoms with van der Waals surface area (Å²) in [5.74, 6) is 0.772. The number of nitrogens with one attached hydrogen (secondary N) is 1. The Bertz CT molecular complexity index is 883. The molecule has 2 aliphatic rings. The molecule has 4 rings (SSSR count). The molecule has 29 heavy (non-hydrogen) atoms. The Kier molecular flexibility index (Phi) is 5.56. The predicted molar refractivity (Wildman–Crippen MR) is 112 cm³/mol. The van der Waals surface area contributed by atoms with Gasteiger partial charge in [0, 0.05) is 23.7 Å². The molecular formula is C24H28N2O3. The molecule has 1 saturated heterocycles. The van der Waals surface area contributed by atoms with Crippen LogP contribution in [0, 0.1) is 13.8 Å². The smallest absolute Gasteiger partial charge is 0.254 e. The second-order valence-corrected chi connectivity index (χ2v) is 8.25. The summed E-state index contributed by atoms with van der Waals surface area (Å²) < 4.78 is 5.96. The maximum Gasteiger partial charge on any atom is 0.254 e. The van der Waals surface area contributed by atoms with Crippen molar-refractivity contribution < 1.29 is 14.3 Å². The third-order valence-corrected chi connectivity index (χ3v) is 5.58. The highest BCUT2D eigenvalue weighted by atomic mass is 16.5. The zero-order valence-corrected chi connectivity index (χ0v) is 17.1. The first-order valence-electron chi connectivity index (χ1n) is 10.4. The van der Waals surface area contributed by atoms with Crippen molar-refractivity contribution in [2.45, 2.75) is 51.6 Å². The molecule has 5 heteroatoms. The number of ether oxygens (including phenoxy) is 1. The summed E-state index contributed by atoms with van der Waals surface area (Å²) in [5, 5.41) is 2.98. The van der Waals surface area contributed by atoms with E-state index in [4.69, 9.17) is 4.74 Å². The SMILES string of the molecule is Cc1cc(C)cc(C(=O)N2CCC[C@H]2COc2ccc(C(=O)NC3CC3)cc2)c1. The van der Waals surface area contributed by atoms with Crippen molar-refractivity contribution in [3.05, 3.63) is 64.7 Å². The van der Waals surface area contributed by atoms with E-state index in [-0.39, 0.29) is 17.9 Å². The summed E-state index contributed by atoms with van der Waals surface area (Å²) >= 11 is 0. The summed E-state index contributed by atoms with van der Waals surface area (Å²) in [6.07, 6.45) is 4.08. The van der Waals surface area contributed by atoms with Gasteiger partial charge in [0.1, 0.15) is 12.4 Å². The van der Waals surface area contributed by atoms with Crippen LogP contribution in [0.5, 0.6) is 5.75 Å². The highest BCUT2D eigenvalue weighted by Crippen LogP contribution is 2.23. The zero-order valence-electron chi connectivity index (χ0n) is 17.1. The van der Waals surface area contributed by atoms with Gasteiger partial charge < -0.3 is 15.0 Å². The Hall–Kier alpha value is -2.82. The zero-order chi connectivity index (χ0) is 20.4. The largest absolute Gasteiger partial charge is 0.491 e. The van der Waals surface area contributed by atoms with Crippen LogP contribution in [0.1, 0.15) is 57.5 Å². The lowest BCUT2D eigenvalue weighted by Crippen LogP contribution is -2.39. The van der Waals surface area contributed by atoms with Crippen molar-refractivity contribution in [1.82, 2.24) is 10.2 Å². The van der Waals surface area contributed by atoms with Gasteiger partial charge in [-0.25, -0.2) is 0 Å². The normalized spacial score (nSPS) is 18.6. The van der Waals surface area contributed by atoms with Crippen molar-refractivity contribution in [3.63, 3.8) is 0 Å². The van der Waals surface area contributed by atoms with Gasteiger partial charge >= 0.3 is 0 Å². The average Bonchev–Trinajstić information content (AvgIpc) is 3.39.